The van der Waals surface area contributed by atoms with Crippen molar-refractivity contribution in [2.24, 2.45) is 5.92 Å². The molecule has 1 N–H and O–H groups in total. The van der Waals surface area contributed by atoms with Crippen molar-refractivity contribution in [2.75, 3.05) is 44.3 Å². The lowest BCUT2D eigenvalue weighted by Gasteiger charge is -2.46. The molecule has 0 amide bonds. The first kappa shape index (κ1) is 21.3. The number of hydrogen-bond donors (Lipinski definition) is 1. The molecule has 1 aliphatic carbocycles. The van der Waals surface area contributed by atoms with Crippen molar-refractivity contribution in [2.45, 2.75) is 55.8 Å². The number of aromatic nitrogens is 2. The van der Waals surface area contributed by atoms with Gasteiger partial charge in [-0.2, -0.15) is 0 Å². The Morgan fingerprint density at radius 1 is 1.21 bits per heavy atom. The Morgan fingerprint density at radius 2 is 2.03 bits per heavy atom. The number of ether oxygens (including phenoxy) is 2. The van der Waals surface area contributed by atoms with Crippen LogP contribution in [-0.2, 0) is 4.74 Å². The molecule has 0 unspecified atom stereocenters. The van der Waals surface area contributed by atoms with Gasteiger partial charge in [0.15, 0.2) is 0 Å². The quantitative estimate of drug-likeness (QED) is 0.707. The molecule has 3 aliphatic heterocycles. The van der Waals surface area contributed by atoms with Crippen molar-refractivity contribution in [3.05, 3.63) is 36.0 Å². The lowest BCUT2D eigenvalue weighted by atomic mass is 9.82. The Balaban J connectivity index is 1.04. The van der Waals surface area contributed by atoms with Crippen molar-refractivity contribution in [1.29, 1.82) is 0 Å². The van der Waals surface area contributed by atoms with E-state index in [1.54, 1.807) is 12.1 Å². The molecule has 4 aliphatic rings. The molecule has 9 heteroatoms. The fourth-order valence-corrected chi connectivity index (χ4v) is 5.99. The summed E-state index contributed by atoms with van der Waals surface area (Å²) in [5.74, 6) is 1.25. The van der Waals surface area contributed by atoms with Crippen LogP contribution in [0.25, 0.3) is 0 Å². The van der Waals surface area contributed by atoms with E-state index in [1.165, 1.54) is 12.5 Å². The van der Waals surface area contributed by atoms with Gasteiger partial charge in [-0.15, -0.1) is 5.10 Å². The van der Waals surface area contributed by atoms with Gasteiger partial charge < -0.3 is 23.9 Å². The van der Waals surface area contributed by atoms with Crippen LogP contribution in [0.5, 0.6) is 5.75 Å². The summed E-state index contributed by atoms with van der Waals surface area (Å²) >= 11 is 0. The van der Waals surface area contributed by atoms with Gasteiger partial charge in [-0.3, -0.25) is 4.90 Å². The number of piperidine rings is 1. The van der Waals surface area contributed by atoms with E-state index in [0.29, 0.717) is 23.9 Å². The van der Waals surface area contributed by atoms with Gasteiger partial charge in [0.25, 0.3) is 0 Å². The molecule has 0 bridgehead atoms. The van der Waals surface area contributed by atoms with E-state index in [-0.39, 0.29) is 24.1 Å². The van der Waals surface area contributed by atoms with E-state index >= 15 is 0 Å². The minimum Gasteiger partial charge on any atom is -0.490 e. The van der Waals surface area contributed by atoms with E-state index in [0.717, 1.165) is 76.2 Å². The van der Waals surface area contributed by atoms with Crippen LogP contribution in [-0.4, -0.2) is 77.3 Å². The molecule has 1 spiro atoms. The maximum Gasteiger partial charge on any atom is 0.318 e. The highest BCUT2D eigenvalue weighted by atomic mass is 19.1. The van der Waals surface area contributed by atoms with Gasteiger partial charge in [-0.05, 0) is 75.2 Å². The average molecular weight is 459 g/mol. The topological polar surface area (TPSA) is 84.1 Å². The smallest absolute Gasteiger partial charge is 0.318 e. The van der Waals surface area contributed by atoms with Gasteiger partial charge in [-0.1, -0.05) is 5.10 Å². The van der Waals surface area contributed by atoms with Crippen LogP contribution in [0.1, 0.15) is 43.6 Å². The summed E-state index contributed by atoms with van der Waals surface area (Å²) < 4.78 is 31.8. The number of halogens is 1. The number of aliphatic hydroxyl groups excluding tert-OH is 1. The molecule has 178 valence electrons. The standard InChI is InChI=1S/C24H31FN4O4/c25-18-1-2-22(33-20-7-16(8-20)11-30)21(9-18)17-3-5-28(6-4-17)19-10-24(32-12-19)13-29(14-24)23-27-26-15-31-23/h1-2,9,15-17,19-20,30H,3-8,10-14H2/t16?,19-,20?/m0/s1. The van der Waals surface area contributed by atoms with Crippen LogP contribution in [0.3, 0.4) is 0 Å². The molecular weight excluding hydrogens is 427 g/mol. The van der Waals surface area contributed by atoms with Crippen molar-refractivity contribution in [3.63, 3.8) is 0 Å². The van der Waals surface area contributed by atoms with E-state index in [9.17, 15) is 9.50 Å². The highest BCUT2D eigenvalue weighted by Crippen LogP contribution is 2.42. The van der Waals surface area contributed by atoms with Crippen LogP contribution in [0.2, 0.25) is 0 Å². The molecule has 3 saturated heterocycles. The second-order valence-electron chi connectivity index (χ2n) is 10.2. The Bertz CT molecular complexity index is 953. The number of likely N-dealkylation sites (tertiary alicyclic amines) is 1. The predicted molar refractivity (Wildman–Crippen MR) is 118 cm³/mol. The fourth-order valence-electron chi connectivity index (χ4n) is 5.99. The van der Waals surface area contributed by atoms with Crippen LogP contribution >= 0.6 is 0 Å². The zero-order valence-corrected chi connectivity index (χ0v) is 18.7. The van der Waals surface area contributed by atoms with E-state index in [1.807, 2.05) is 0 Å². The number of anilines is 1. The zero-order valence-electron chi connectivity index (χ0n) is 18.7. The normalized spacial score (nSPS) is 29.8. The van der Waals surface area contributed by atoms with E-state index in [2.05, 4.69) is 20.0 Å². The molecule has 1 aromatic heterocycles. The molecule has 4 fully saturated rings. The minimum absolute atomic E-state index is 0.102. The largest absolute Gasteiger partial charge is 0.490 e. The van der Waals surface area contributed by atoms with Gasteiger partial charge in [0, 0.05) is 18.2 Å². The zero-order chi connectivity index (χ0) is 22.4. The van der Waals surface area contributed by atoms with Gasteiger partial charge >= 0.3 is 6.01 Å². The number of aliphatic hydroxyl groups is 1. The summed E-state index contributed by atoms with van der Waals surface area (Å²) in [6, 6.07) is 5.91. The van der Waals surface area contributed by atoms with Gasteiger partial charge in [-0.25, -0.2) is 4.39 Å². The van der Waals surface area contributed by atoms with Crippen LogP contribution in [0.4, 0.5) is 10.4 Å². The first-order chi connectivity index (χ1) is 16.1. The van der Waals surface area contributed by atoms with Gasteiger partial charge in [0.1, 0.15) is 17.2 Å². The SMILES string of the molecule is OCC1CC(Oc2ccc(F)cc2C2CCN([C@@H]3COC4(C3)CN(c3nnco3)C4)CC2)C1. The molecular formula is C24H31FN4O4. The Morgan fingerprint density at radius 3 is 2.76 bits per heavy atom. The first-order valence-corrected chi connectivity index (χ1v) is 12.1. The molecule has 1 atom stereocenters. The lowest BCUT2D eigenvalue weighted by molar-refractivity contribution is -0.0216. The summed E-state index contributed by atoms with van der Waals surface area (Å²) in [5.41, 5.74) is 0.893. The summed E-state index contributed by atoms with van der Waals surface area (Å²) in [6.07, 6.45) is 6.23. The summed E-state index contributed by atoms with van der Waals surface area (Å²) in [4.78, 5) is 4.61. The second kappa shape index (κ2) is 8.52. The second-order valence-corrected chi connectivity index (χ2v) is 10.2. The van der Waals surface area contributed by atoms with Gasteiger partial charge in [0.05, 0.1) is 25.8 Å². The number of benzene rings is 1. The first-order valence-electron chi connectivity index (χ1n) is 12.1. The Kier molecular flexibility index (Phi) is 5.50. The fraction of sp³-hybridized carbons (Fsp3) is 0.667. The highest BCUT2D eigenvalue weighted by molar-refractivity contribution is 5.38. The maximum absolute atomic E-state index is 14.1. The van der Waals surface area contributed by atoms with Crippen LogP contribution < -0.4 is 9.64 Å². The third kappa shape index (κ3) is 4.11. The van der Waals surface area contributed by atoms with E-state index < -0.39 is 0 Å². The van der Waals surface area contributed by atoms with Crippen molar-refractivity contribution < 1.29 is 23.4 Å². The number of rotatable bonds is 6. The van der Waals surface area contributed by atoms with Gasteiger partial charge in [0.2, 0.25) is 6.39 Å². The van der Waals surface area contributed by atoms with Crippen LogP contribution in [0.15, 0.2) is 29.0 Å². The number of hydrogen-bond acceptors (Lipinski definition) is 8. The molecule has 6 rings (SSSR count). The molecule has 8 nitrogen and oxygen atoms in total. The molecule has 1 saturated carbocycles. The summed E-state index contributed by atoms with van der Waals surface area (Å²) in [5, 5.41) is 17.0. The van der Waals surface area contributed by atoms with E-state index in [4.69, 9.17) is 13.9 Å². The van der Waals surface area contributed by atoms with Crippen molar-refractivity contribution >= 4 is 6.01 Å². The third-order valence-electron chi connectivity index (χ3n) is 7.97. The number of nitrogens with zero attached hydrogens (tertiary/aromatic N) is 4. The molecule has 0 radical (unpaired) electrons. The van der Waals surface area contributed by atoms with Crippen molar-refractivity contribution in [3.8, 4) is 5.75 Å². The monoisotopic (exact) mass is 458 g/mol. The van der Waals surface area contributed by atoms with Crippen LogP contribution in [0, 0.1) is 11.7 Å². The average Bonchev–Trinajstić information content (AvgIpc) is 3.46. The molecule has 33 heavy (non-hydrogen) atoms. The van der Waals surface area contributed by atoms with Crippen molar-refractivity contribution in [1.82, 2.24) is 15.1 Å². The highest BCUT2D eigenvalue weighted by Gasteiger charge is 2.52. The third-order valence-corrected chi connectivity index (χ3v) is 7.97. The summed E-state index contributed by atoms with van der Waals surface area (Å²) in [7, 11) is 0. The predicted octanol–water partition coefficient (Wildman–Crippen LogP) is 2.59. The maximum atomic E-state index is 14.1. The lowest BCUT2D eigenvalue weighted by Crippen LogP contribution is -2.62. The minimum atomic E-state index is -0.205. The Hall–Kier alpha value is -2.23. The Labute approximate surface area is 192 Å². The summed E-state index contributed by atoms with van der Waals surface area (Å²) in [6.45, 7) is 4.53. The molecule has 4 heterocycles. The molecule has 2 aromatic rings. The molecule has 1 aromatic carbocycles.